The van der Waals surface area contributed by atoms with E-state index >= 15 is 0 Å². The average Bonchev–Trinajstić information content (AvgIpc) is 2.54. The molecule has 2 unspecified atom stereocenters. The minimum absolute atomic E-state index is 0.00595. The summed E-state index contributed by atoms with van der Waals surface area (Å²) in [4.78, 5) is 20.3. The second-order valence-electron chi connectivity index (χ2n) is 6.18. The van der Waals surface area contributed by atoms with E-state index in [1.165, 1.54) is 0 Å². The molecule has 24 heavy (non-hydrogen) atoms. The van der Waals surface area contributed by atoms with E-state index in [4.69, 9.17) is 17.3 Å². The number of halogens is 1. The third kappa shape index (κ3) is 4.10. The van der Waals surface area contributed by atoms with E-state index in [-0.39, 0.29) is 11.9 Å². The lowest BCUT2D eigenvalue weighted by Gasteiger charge is -2.37. The van der Waals surface area contributed by atoms with E-state index in [0.29, 0.717) is 12.4 Å². The molecule has 1 aromatic rings. The summed E-state index contributed by atoms with van der Waals surface area (Å²) < 4.78 is 0. The maximum Gasteiger partial charge on any atom is 0.224 e. The SMILES string of the molecule is CC1CC(=O)NC(/N=C(\N)N2CCN(c3cccc(Cl)c3)CC2)N1. The number of nitrogens with zero attached hydrogens (tertiary/aromatic N) is 3. The van der Waals surface area contributed by atoms with Crippen LogP contribution in [-0.2, 0) is 4.79 Å². The number of hydrogen-bond donors (Lipinski definition) is 3. The molecule has 0 radical (unpaired) electrons. The fourth-order valence-corrected chi connectivity index (χ4v) is 3.19. The summed E-state index contributed by atoms with van der Waals surface area (Å²) in [7, 11) is 0. The number of carbonyl (C=O) groups is 1. The molecule has 2 heterocycles. The second-order valence-corrected chi connectivity index (χ2v) is 6.62. The van der Waals surface area contributed by atoms with Crippen molar-refractivity contribution in [3.05, 3.63) is 29.3 Å². The molecule has 2 saturated heterocycles. The maximum absolute atomic E-state index is 11.6. The number of carbonyl (C=O) groups excluding carboxylic acids is 1. The van der Waals surface area contributed by atoms with Gasteiger partial charge in [-0.15, -0.1) is 0 Å². The zero-order valence-corrected chi connectivity index (χ0v) is 14.5. The smallest absolute Gasteiger partial charge is 0.224 e. The molecule has 1 amide bonds. The van der Waals surface area contributed by atoms with Gasteiger partial charge in [0.1, 0.15) is 0 Å². The van der Waals surface area contributed by atoms with Crippen molar-refractivity contribution in [3.63, 3.8) is 0 Å². The van der Waals surface area contributed by atoms with Crippen LogP contribution >= 0.6 is 11.6 Å². The van der Waals surface area contributed by atoms with Crippen molar-refractivity contribution in [3.8, 4) is 0 Å². The van der Waals surface area contributed by atoms with Gasteiger partial charge in [-0.3, -0.25) is 10.1 Å². The van der Waals surface area contributed by atoms with Crippen molar-refractivity contribution in [2.45, 2.75) is 25.7 Å². The summed E-state index contributed by atoms with van der Waals surface area (Å²) in [6.45, 7) is 5.20. The van der Waals surface area contributed by atoms with Crippen molar-refractivity contribution in [2.75, 3.05) is 31.1 Å². The van der Waals surface area contributed by atoms with E-state index in [1.807, 2.05) is 30.0 Å². The molecule has 0 spiro atoms. The quantitative estimate of drug-likeness (QED) is 0.536. The number of amides is 1. The summed E-state index contributed by atoms with van der Waals surface area (Å²) in [5.74, 6) is 0.446. The van der Waals surface area contributed by atoms with Gasteiger partial charge in [0.15, 0.2) is 12.2 Å². The van der Waals surface area contributed by atoms with Crippen LogP contribution in [0.25, 0.3) is 0 Å². The third-order valence-corrected chi connectivity index (χ3v) is 4.51. The van der Waals surface area contributed by atoms with Gasteiger partial charge < -0.3 is 20.9 Å². The molecule has 1 aromatic carbocycles. The monoisotopic (exact) mass is 350 g/mol. The highest BCUT2D eigenvalue weighted by Gasteiger charge is 2.24. The Hall–Kier alpha value is -1.99. The minimum Gasteiger partial charge on any atom is -0.370 e. The Balaban J connectivity index is 1.57. The van der Waals surface area contributed by atoms with Gasteiger partial charge >= 0.3 is 0 Å². The van der Waals surface area contributed by atoms with Crippen LogP contribution in [0.2, 0.25) is 5.02 Å². The van der Waals surface area contributed by atoms with Crippen molar-refractivity contribution < 1.29 is 4.79 Å². The maximum atomic E-state index is 11.6. The molecule has 2 atom stereocenters. The van der Waals surface area contributed by atoms with Crippen LogP contribution in [0.3, 0.4) is 0 Å². The van der Waals surface area contributed by atoms with Crippen LogP contribution in [0.1, 0.15) is 13.3 Å². The Morgan fingerprint density at radius 1 is 1.33 bits per heavy atom. The first kappa shape index (κ1) is 16.9. The molecule has 2 aliphatic heterocycles. The molecule has 8 heteroatoms. The number of nitrogens with two attached hydrogens (primary N) is 1. The van der Waals surface area contributed by atoms with Gasteiger partial charge in [-0.25, -0.2) is 4.99 Å². The van der Waals surface area contributed by atoms with E-state index in [1.54, 1.807) is 0 Å². The molecule has 0 aliphatic carbocycles. The van der Waals surface area contributed by atoms with E-state index in [9.17, 15) is 4.79 Å². The Morgan fingerprint density at radius 3 is 2.75 bits per heavy atom. The molecule has 3 rings (SSSR count). The van der Waals surface area contributed by atoms with Gasteiger partial charge in [0.2, 0.25) is 5.91 Å². The highest BCUT2D eigenvalue weighted by atomic mass is 35.5. The second kappa shape index (κ2) is 7.27. The predicted octanol–water partition coefficient (Wildman–Crippen LogP) is 0.558. The molecule has 2 aliphatic rings. The number of benzene rings is 1. The first-order valence-electron chi connectivity index (χ1n) is 8.15. The third-order valence-electron chi connectivity index (χ3n) is 4.27. The minimum atomic E-state index is -0.452. The summed E-state index contributed by atoms with van der Waals surface area (Å²) in [5, 5.41) is 6.73. The van der Waals surface area contributed by atoms with E-state index < -0.39 is 6.29 Å². The number of aliphatic imine (C=N–C) groups is 1. The Bertz CT molecular complexity index is 629. The Kier molecular flexibility index (Phi) is 5.11. The van der Waals surface area contributed by atoms with Gasteiger partial charge in [-0.1, -0.05) is 17.7 Å². The number of hydrogen-bond acceptors (Lipinski definition) is 4. The number of rotatable bonds is 2. The highest BCUT2D eigenvalue weighted by Crippen LogP contribution is 2.20. The van der Waals surface area contributed by atoms with Gasteiger partial charge in [0.05, 0.1) is 0 Å². The van der Waals surface area contributed by atoms with Crippen LogP contribution in [0, 0.1) is 0 Å². The van der Waals surface area contributed by atoms with Crippen LogP contribution in [0.4, 0.5) is 5.69 Å². The lowest BCUT2D eigenvalue weighted by molar-refractivity contribution is -0.124. The summed E-state index contributed by atoms with van der Waals surface area (Å²) in [6, 6.07) is 7.95. The zero-order chi connectivity index (χ0) is 17.1. The predicted molar refractivity (Wildman–Crippen MR) is 96.0 cm³/mol. The average molecular weight is 351 g/mol. The van der Waals surface area contributed by atoms with Crippen molar-refractivity contribution >= 4 is 29.2 Å². The van der Waals surface area contributed by atoms with Crippen molar-refractivity contribution in [1.29, 1.82) is 0 Å². The van der Waals surface area contributed by atoms with Gasteiger partial charge in [-0.2, -0.15) is 0 Å². The molecule has 0 saturated carbocycles. The van der Waals surface area contributed by atoms with Gasteiger partial charge in [0, 0.05) is 49.4 Å². The zero-order valence-electron chi connectivity index (χ0n) is 13.7. The number of guanidine groups is 1. The standard InChI is InChI=1S/C16H23ClN6O/c1-11-9-14(24)20-16(19-11)21-15(18)23-7-5-22(6-8-23)13-4-2-3-12(17)10-13/h2-4,10-11,16,19H,5-9H2,1H3,(H2,18,21)(H,20,24). The molecule has 0 bridgehead atoms. The van der Waals surface area contributed by atoms with Crippen LogP contribution < -0.4 is 21.3 Å². The van der Waals surface area contributed by atoms with Crippen LogP contribution in [-0.4, -0.2) is 55.3 Å². The largest absolute Gasteiger partial charge is 0.370 e. The molecule has 0 aromatic heterocycles. The highest BCUT2D eigenvalue weighted by molar-refractivity contribution is 6.30. The topological polar surface area (TPSA) is 86.0 Å². The fourth-order valence-electron chi connectivity index (χ4n) is 3.01. The van der Waals surface area contributed by atoms with Gasteiger partial charge in [0.25, 0.3) is 0 Å². The van der Waals surface area contributed by atoms with E-state index in [0.717, 1.165) is 36.9 Å². The lowest BCUT2D eigenvalue weighted by Crippen LogP contribution is -2.57. The molecule has 7 nitrogen and oxygen atoms in total. The number of piperazine rings is 1. The van der Waals surface area contributed by atoms with Crippen molar-refractivity contribution in [1.82, 2.24) is 15.5 Å². The van der Waals surface area contributed by atoms with Crippen LogP contribution in [0.5, 0.6) is 0 Å². The van der Waals surface area contributed by atoms with Gasteiger partial charge in [-0.05, 0) is 25.1 Å². The number of nitrogens with one attached hydrogen (secondary N) is 2. The summed E-state index contributed by atoms with van der Waals surface area (Å²) in [6.07, 6.45) is 0.0109. The summed E-state index contributed by atoms with van der Waals surface area (Å²) >= 11 is 6.06. The number of anilines is 1. The Labute approximate surface area is 146 Å². The molecular formula is C16H23ClN6O. The lowest BCUT2D eigenvalue weighted by atomic mass is 10.2. The molecule has 130 valence electrons. The van der Waals surface area contributed by atoms with Crippen molar-refractivity contribution in [2.24, 2.45) is 10.7 Å². The summed E-state index contributed by atoms with van der Waals surface area (Å²) in [5.41, 5.74) is 7.24. The molecular weight excluding hydrogens is 328 g/mol. The van der Waals surface area contributed by atoms with Crippen LogP contribution in [0.15, 0.2) is 29.3 Å². The first-order chi connectivity index (χ1) is 11.5. The first-order valence-corrected chi connectivity index (χ1v) is 8.53. The molecule has 4 N–H and O–H groups in total. The fraction of sp³-hybridized carbons (Fsp3) is 0.500. The normalized spacial score (nSPS) is 25.6. The van der Waals surface area contributed by atoms with E-state index in [2.05, 4.69) is 26.6 Å². The molecule has 2 fully saturated rings. The Morgan fingerprint density at radius 2 is 2.08 bits per heavy atom.